The summed E-state index contributed by atoms with van der Waals surface area (Å²) >= 11 is 0. The van der Waals surface area contributed by atoms with E-state index in [0.717, 1.165) is 36.9 Å². The van der Waals surface area contributed by atoms with Gasteiger partial charge in [-0.05, 0) is 43.4 Å². The molecule has 2 aliphatic carbocycles. The Balaban J connectivity index is 1.47. The Bertz CT molecular complexity index is 549. The minimum atomic E-state index is -0.112. The molecule has 0 heterocycles. The summed E-state index contributed by atoms with van der Waals surface area (Å²) in [6, 6.07) is 7.85. The first-order chi connectivity index (χ1) is 10.7. The van der Waals surface area contributed by atoms with E-state index in [4.69, 9.17) is 0 Å². The van der Waals surface area contributed by atoms with Crippen molar-refractivity contribution in [2.45, 2.75) is 51.1 Å². The van der Waals surface area contributed by atoms with Gasteiger partial charge in [0.25, 0.3) is 0 Å². The van der Waals surface area contributed by atoms with Gasteiger partial charge in [0.15, 0.2) is 0 Å². The molecule has 3 rings (SSSR count). The van der Waals surface area contributed by atoms with Crippen LogP contribution < -0.4 is 16.0 Å². The average Bonchev–Trinajstić information content (AvgIpc) is 3.25. The first-order valence-corrected chi connectivity index (χ1v) is 8.15. The van der Waals surface area contributed by atoms with Gasteiger partial charge in [-0.25, -0.2) is 4.79 Å². The van der Waals surface area contributed by atoms with Crippen LogP contribution in [0, 0.1) is 5.92 Å². The Kier molecular flexibility index (Phi) is 4.61. The fourth-order valence-electron chi connectivity index (χ4n) is 2.84. The lowest BCUT2D eigenvalue weighted by atomic mass is 10.2. The zero-order chi connectivity index (χ0) is 15.4. The quantitative estimate of drug-likeness (QED) is 0.782. The molecule has 2 aliphatic rings. The smallest absolute Gasteiger partial charge is 0.315 e. The molecule has 5 heteroatoms. The maximum absolute atomic E-state index is 11.8. The Morgan fingerprint density at radius 1 is 1.09 bits per heavy atom. The Morgan fingerprint density at radius 3 is 2.59 bits per heavy atom. The average molecular weight is 301 g/mol. The van der Waals surface area contributed by atoms with Crippen molar-refractivity contribution in [3.8, 4) is 0 Å². The second kappa shape index (κ2) is 6.81. The van der Waals surface area contributed by atoms with Gasteiger partial charge >= 0.3 is 6.03 Å². The molecule has 2 saturated carbocycles. The SMILES string of the molecule is O=C(NCc1cccc(NC(=O)C2CC2)c1)NC1CCCC1. The number of nitrogens with one attached hydrogen (secondary N) is 3. The van der Waals surface area contributed by atoms with E-state index in [0.29, 0.717) is 12.6 Å². The van der Waals surface area contributed by atoms with Gasteiger partial charge in [-0.2, -0.15) is 0 Å². The van der Waals surface area contributed by atoms with Crippen molar-refractivity contribution < 1.29 is 9.59 Å². The third-order valence-electron chi connectivity index (χ3n) is 4.29. The number of anilines is 1. The van der Waals surface area contributed by atoms with Crippen LogP contribution >= 0.6 is 0 Å². The van der Waals surface area contributed by atoms with E-state index in [1.807, 2.05) is 24.3 Å². The van der Waals surface area contributed by atoms with Crippen molar-refractivity contribution >= 4 is 17.6 Å². The molecule has 0 atom stereocenters. The standard InChI is InChI=1S/C17H23N3O2/c21-16(13-8-9-13)19-15-7-3-4-12(10-15)11-18-17(22)20-14-5-1-2-6-14/h3-4,7,10,13-14H,1-2,5-6,8-9,11H2,(H,19,21)(H2,18,20,22). The highest BCUT2D eigenvalue weighted by atomic mass is 16.2. The summed E-state index contributed by atoms with van der Waals surface area (Å²) in [6.07, 6.45) is 6.55. The lowest BCUT2D eigenvalue weighted by Crippen LogP contribution is -2.40. The van der Waals surface area contributed by atoms with Crippen LogP contribution in [-0.4, -0.2) is 18.0 Å². The van der Waals surface area contributed by atoms with Crippen LogP contribution in [0.3, 0.4) is 0 Å². The van der Waals surface area contributed by atoms with Crippen LogP contribution in [0.15, 0.2) is 24.3 Å². The molecule has 3 amide bonds. The molecule has 0 aromatic heterocycles. The van der Waals surface area contributed by atoms with Crippen molar-refractivity contribution in [1.29, 1.82) is 0 Å². The molecule has 118 valence electrons. The van der Waals surface area contributed by atoms with E-state index in [9.17, 15) is 9.59 Å². The molecule has 0 unspecified atom stereocenters. The van der Waals surface area contributed by atoms with Crippen molar-refractivity contribution in [2.24, 2.45) is 5.92 Å². The van der Waals surface area contributed by atoms with E-state index >= 15 is 0 Å². The summed E-state index contributed by atoms with van der Waals surface area (Å²) in [5.41, 5.74) is 1.78. The van der Waals surface area contributed by atoms with Crippen LogP contribution in [0.1, 0.15) is 44.1 Å². The molecule has 3 N–H and O–H groups in total. The lowest BCUT2D eigenvalue weighted by Gasteiger charge is -2.13. The highest BCUT2D eigenvalue weighted by Gasteiger charge is 2.29. The zero-order valence-electron chi connectivity index (χ0n) is 12.7. The van der Waals surface area contributed by atoms with Crippen molar-refractivity contribution in [3.63, 3.8) is 0 Å². The first kappa shape index (κ1) is 14.9. The Morgan fingerprint density at radius 2 is 1.86 bits per heavy atom. The van der Waals surface area contributed by atoms with Crippen LogP contribution in [-0.2, 0) is 11.3 Å². The molecular weight excluding hydrogens is 278 g/mol. The molecule has 0 radical (unpaired) electrons. The highest BCUT2D eigenvalue weighted by Crippen LogP contribution is 2.30. The summed E-state index contributed by atoms with van der Waals surface area (Å²) in [5.74, 6) is 0.294. The first-order valence-electron chi connectivity index (χ1n) is 8.15. The van der Waals surface area contributed by atoms with E-state index < -0.39 is 0 Å². The zero-order valence-corrected chi connectivity index (χ0v) is 12.7. The van der Waals surface area contributed by atoms with E-state index in [1.54, 1.807) is 0 Å². The van der Waals surface area contributed by atoms with Crippen LogP contribution in [0.4, 0.5) is 10.5 Å². The van der Waals surface area contributed by atoms with Crippen LogP contribution in [0.25, 0.3) is 0 Å². The van der Waals surface area contributed by atoms with Gasteiger partial charge < -0.3 is 16.0 Å². The number of carbonyl (C=O) groups is 2. The van der Waals surface area contributed by atoms with E-state index in [-0.39, 0.29) is 17.9 Å². The molecule has 0 bridgehead atoms. The minimum absolute atomic E-state index is 0.101. The van der Waals surface area contributed by atoms with Crippen molar-refractivity contribution in [3.05, 3.63) is 29.8 Å². The van der Waals surface area contributed by atoms with Gasteiger partial charge in [0.05, 0.1) is 0 Å². The predicted molar refractivity (Wildman–Crippen MR) is 85.4 cm³/mol. The van der Waals surface area contributed by atoms with Crippen molar-refractivity contribution in [1.82, 2.24) is 10.6 Å². The summed E-state index contributed by atoms with van der Waals surface area (Å²) < 4.78 is 0. The number of urea groups is 1. The maximum Gasteiger partial charge on any atom is 0.315 e. The largest absolute Gasteiger partial charge is 0.335 e. The predicted octanol–water partition coefficient (Wildman–Crippen LogP) is 2.78. The molecule has 5 nitrogen and oxygen atoms in total. The molecule has 0 saturated heterocycles. The second-order valence-electron chi connectivity index (χ2n) is 6.27. The number of hydrogen-bond donors (Lipinski definition) is 3. The molecule has 1 aromatic carbocycles. The maximum atomic E-state index is 11.8. The number of benzene rings is 1. The third-order valence-corrected chi connectivity index (χ3v) is 4.29. The lowest BCUT2D eigenvalue weighted by molar-refractivity contribution is -0.117. The van der Waals surface area contributed by atoms with E-state index in [2.05, 4.69) is 16.0 Å². The summed E-state index contributed by atoms with van der Waals surface area (Å²) in [4.78, 5) is 23.6. The second-order valence-corrected chi connectivity index (χ2v) is 6.27. The summed E-state index contributed by atoms with van der Waals surface area (Å²) in [6.45, 7) is 0.464. The minimum Gasteiger partial charge on any atom is -0.335 e. The molecule has 0 aliphatic heterocycles. The molecular formula is C17H23N3O2. The Labute approximate surface area is 130 Å². The number of hydrogen-bond acceptors (Lipinski definition) is 2. The monoisotopic (exact) mass is 301 g/mol. The van der Waals surface area contributed by atoms with Gasteiger partial charge in [0, 0.05) is 24.2 Å². The third kappa shape index (κ3) is 4.23. The topological polar surface area (TPSA) is 70.2 Å². The Hall–Kier alpha value is -2.04. The van der Waals surface area contributed by atoms with Gasteiger partial charge in [-0.15, -0.1) is 0 Å². The van der Waals surface area contributed by atoms with Gasteiger partial charge in [0.1, 0.15) is 0 Å². The molecule has 0 spiro atoms. The number of carbonyl (C=O) groups excluding carboxylic acids is 2. The summed E-state index contributed by atoms with van der Waals surface area (Å²) in [7, 11) is 0. The number of amides is 3. The fourth-order valence-corrected chi connectivity index (χ4v) is 2.84. The van der Waals surface area contributed by atoms with Gasteiger partial charge in [-0.1, -0.05) is 25.0 Å². The molecule has 2 fully saturated rings. The summed E-state index contributed by atoms with van der Waals surface area (Å²) in [5, 5.41) is 8.80. The number of rotatable bonds is 5. The van der Waals surface area contributed by atoms with E-state index in [1.165, 1.54) is 12.8 Å². The fraction of sp³-hybridized carbons (Fsp3) is 0.529. The highest BCUT2D eigenvalue weighted by molar-refractivity contribution is 5.94. The molecule has 1 aromatic rings. The van der Waals surface area contributed by atoms with Crippen molar-refractivity contribution in [2.75, 3.05) is 5.32 Å². The van der Waals surface area contributed by atoms with Gasteiger partial charge in [-0.3, -0.25) is 4.79 Å². The van der Waals surface area contributed by atoms with Crippen LogP contribution in [0.5, 0.6) is 0 Å². The molecule has 22 heavy (non-hydrogen) atoms. The normalized spacial score (nSPS) is 18.0. The van der Waals surface area contributed by atoms with Gasteiger partial charge in [0.2, 0.25) is 5.91 Å². The van der Waals surface area contributed by atoms with Crippen LogP contribution in [0.2, 0.25) is 0 Å².